The third-order valence-electron chi connectivity index (χ3n) is 3.74. The van der Waals surface area contributed by atoms with Crippen LogP contribution >= 0.6 is 11.6 Å². The van der Waals surface area contributed by atoms with Gasteiger partial charge in [-0.05, 0) is 30.7 Å². The second kappa shape index (κ2) is 6.96. The summed E-state index contributed by atoms with van der Waals surface area (Å²) in [6.45, 7) is 1.60. The number of nitrogens with zero attached hydrogens (tertiary/aromatic N) is 3. The van der Waals surface area contributed by atoms with E-state index in [1.807, 2.05) is 0 Å². The molecule has 0 radical (unpaired) electrons. The number of rotatable bonds is 4. The lowest BCUT2D eigenvalue weighted by Crippen LogP contribution is -2.06. The first-order valence-electron chi connectivity index (χ1n) is 7.48. The van der Waals surface area contributed by atoms with Gasteiger partial charge in [-0.15, -0.1) is 0 Å². The van der Waals surface area contributed by atoms with Gasteiger partial charge in [0.15, 0.2) is 5.70 Å². The third kappa shape index (κ3) is 3.67. The lowest BCUT2D eigenvalue weighted by Gasteiger charge is -2.00. The summed E-state index contributed by atoms with van der Waals surface area (Å²) in [6, 6.07) is 8.35. The summed E-state index contributed by atoms with van der Waals surface area (Å²) in [6.07, 6.45) is 1.34. The summed E-state index contributed by atoms with van der Waals surface area (Å²) in [4.78, 5) is 36.9. The maximum absolute atomic E-state index is 12.0. The highest BCUT2D eigenvalue weighted by atomic mass is 35.5. The average Bonchev–Trinajstić information content (AvgIpc) is 2.97. The molecule has 0 fully saturated rings. The Labute approximate surface area is 156 Å². The number of esters is 1. The molecule has 2 aromatic rings. The zero-order valence-electron chi connectivity index (χ0n) is 13.7. The van der Waals surface area contributed by atoms with Crippen LogP contribution < -0.4 is 0 Å². The van der Waals surface area contributed by atoms with E-state index in [1.54, 1.807) is 19.1 Å². The Morgan fingerprint density at radius 3 is 2.44 bits per heavy atom. The minimum absolute atomic E-state index is 0.0589. The van der Waals surface area contributed by atoms with Crippen LogP contribution in [0.15, 0.2) is 47.1 Å². The van der Waals surface area contributed by atoms with Crippen molar-refractivity contribution < 1.29 is 19.4 Å². The number of hydrogen-bond donors (Lipinski definition) is 0. The molecule has 0 spiro atoms. The van der Waals surface area contributed by atoms with Crippen LogP contribution in [0.25, 0.3) is 6.08 Å². The second-order valence-electron chi connectivity index (χ2n) is 5.56. The summed E-state index contributed by atoms with van der Waals surface area (Å²) in [5, 5.41) is 21.9. The van der Waals surface area contributed by atoms with Crippen LogP contribution in [-0.2, 0) is 9.53 Å². The molecule has 1 aliphatic heterocycles. The van der Waals surface area contributed by atoms with Gasteiger partial charge in [-0.1, -0.05) is 23.7 Å². The van der Waals surface area contributed by atoms with Crippen LogP contribution in [0.4, 0.5) is 11.4 Å². The third-order valence-corrected chi connectivity index (χ3v) is 4.06. The number of hydrogen-bond acceptors (Lipinski definition) is 7. The summed E-state index contributed by atoms with van der Waals surface area (Å²) < 4.78 is 5.05. The number of aryl methyl sites for hydroxylation is 1. The molecular weight excluding hydrogens is 378 g/mol. The van der Waals surface area contributed by atoms with Gasteiger partial charge in [-0.3, -0.25) is 20.2 Å². The number of carbonyl (C=O) groups excluding carboxylic acids is 1. The predicted molar refractivity (Wildman–Crippen MR) is 96.5 cm³/mol. The first-order valence-corrected chi connectivity index (χ1v) is 7.86. The summed E-state index contributed by atoms with van der Waals surface area (Å²) >= 11 is 5.76. The van der Waals surface area contributed by atoms with Gasteiger partial charge >= 0.3 is 5.97 Å². The van der Waals surface area contributed by atoms with E-state index in [1.165, 1.54) is 24.3 Å². The van der Waals surface area contributed by atoms with Crippen LogP contribution in [-0.4, -0.2) is 21.7 Å². The molecule has 0 N–H and O–H groups in total. The number of nitro benzene ring substituents is 2. The van der Waals surface area contributed by atoms with Gasteiger partial charge in [0.2, 0.25) is 5.90 Å². The van der Waals surface area contributed by atoms with Crippen LogP contribution in [0.5, 0.6) is 0 Å². The predicted octanol–water partition coefficient (Wildman–Crippen LogP) is 3.81. The van der Waals surface area contributed by atoms with E-state index in [-0.39, 0.29) is 33.6 Å². The van der Waals surface area contributed by atoms with Gasteiger partial charge in [0.1, 0.15) is 5.02 Å². The second-order valence-corrected chi connectivity index (χ2v) is 5.97. The summed E-state index contributed by atoms with van der Waals surface area (Å²) in [7, 11) is 0. The van der Waals surface area contributed by atoms with Crippen LogP contribution in [0, 0.1) is 27.2 Å². The molecule has 0 aliphatic carbocycles. The Bertz CT molecular complexity index is 1060. The van der Waals surface area contributed by atoms with E-state index in [9.17, 15) is 25.0 Å². The minimum atomic E-state index is -0.772. The molecule has 27 heavy (non-hydrogen) atoms. The molecular formula is C17H10ClN3O6. The molecule has 3 rings (SSSR count). The van der Waals surface area contributed by atoms with E-state index in [2.05, 4.69) is 4.99 Å². The Balaban J connectivity index is 1.99. The van der Waals surface area contributed by atoms with Crippen molar-refractivity contribution >= 4 is 40.9 Å². The van der Waals surface area contributed by atoms with Gasteiger partial charge in [0.25, 0.3) is 11.4 Å². The van der Waals surface area contributed by atoms with Crippen molar-refractivity contribution in [2.24, 2.45) is 4.99 Å². The maximum atomic E-state index is 12.0. The fourth-order valence-electron chi connectivity index (χ4n) is 2.39. The molecule has 136 valence electrons. The van der Waals surface area contributed by atoms with Crippen molar-refractivity contribution in [3.8, 4) is 0 Å². The van der Waals surface area contributed by atoms with Crippen molar-refractivity contribution in [2.45, 2.75) is 6.92 Å². The fourth-order valence-corrected chi connectivity index (χ4v) is 2.58. The fraction of sp³-hybridized carbons (Fsp3) is 0.0588. The number of cyclic esters (lactones) is 1. The van der Waals surface area contributed by atoms with Gasteiger partial charge in [-0.2, -0.15) is 0 Å². The van der Waals surface area contributed by atoms with Gasteiger partial charge < -0.3 is 4.74 Å². The van der Waals surface area contributed by atoms with Crippen LogP contribution in [0.1, 0.15) is 16.7 Å². The number of carbonyl (C=O) groups is 1. The maximum Gasteiger partial charge on any atom is 0.363 e. The van der Waals surface area contributed by atoms with E-state index in [0.717, 1.165) is 6.07 Å². The molecule has 10 heteroatoms. The first kappa shape index (κ1) is 18.2. The normalized spacial score (nSPS) is 14.8. The van der Waals surface area contributed by atoms with E-state index in [4.69, 9.17) is 16.3 Å². The van der Waals surface area contributed by atoms with Crippen LogP contribution in [0.3, 0.4) is 0 Å². The number of nitro groups is 2. The van der Waals surface area contributed by atoms with Crippen molar-refractivity contribution in [1.82, 2.24) is 0 Å². The molecule has 0 saturated heterocycles. The SMILES string of the molecule is Cc1ccc(/C=C2\N=C(c3ccc(Cl)c([N+](=O)[O-])c3)OC2=O)cc1[N+](=O)[O-]. The van der Waals surface area contributed by atoms with Crippen molar-refractivity contribution in [3.05, 3.63) is 84.0 Å². The molecule has 0 aromatic heterocycles. The largest absolute Gasteiger partial charge is 0.402 e. The molecule has 0 unspecified atom stereocenters. The molecule has 1 heterocycles. The Kier molecular flexibility index (Phi) is 4.70. The highest BCUT2D eigenvalue weighted by Crippen LogP contribution is 2.28. The Hall–Kier alpha value is -3.59. The van der Waals surface area contributed by atoms with Gasteiger partial charge in [0, 0.05) is 23.3 Å². The van der Waals surface area contributed by atoms with E-state index >= 15 is 0 Å². The quantitative estimate of drug-likeness (QED) is 0.340. The molecule has 0 amide bonds. The van der Waals surface area contributed by atoms with E-state index < -0.39 is 15.8 Å². The number of halogens is 1. The lowest BCUT2D eigenvalue weighted by atomic mass is 10.1. The highest BCUT2D eigenvalue weighted by molar-refractivity contribution is 6.32. The molecule has 1 aliphatic rings. The van der Waals surface area contributed by atoms with Gasteiger partial charge in [0.05, 0.1) is 9.85 Å². The standard InChI is InChI=1S/C17H10ClN3O6/c1-9-2-3-10(7-14(9)20(23)24)6-13-17(22)27-16(19-13)11-4-5-12(18)15(8-11)21(25)26/h2-8H,1H3/b13-6-. The van der Waals surface area contributed by atoms with Crippen molar-refractivity contribution in [1.29, 1.82) is 0 Å². The zero-order chi connectivity index (χ0) is 19.7. The van der Waals surface area contributed by atoms with Gasteiger partial charge in [-0.25, -0.2) is 9.79 Å². The minimum Gasteiger partial charge on any atom is -0.402 e. The van der Waals surface area contributed by atoms with E-state index in [0.29, 0.717) is 11.1 Å². The zero-order valence-corrected chi connectivity index (χ0v) is 14.5. The Morgan fingerprint density at radius 1 is 1.07 bits per heavy atom. The molecule has 0 bridgehead atoms. The topological polar surface area (TPSA) is 125 Å². The summed E-state index contributed by atoms with van der Waals surface area (Å²) in [5.74, 6) is -0.890. The highest BCUT2D eigenvalue weighted by Gasteiger charge is 2.26. The molecule has 9 nitrogen and oxygen atoms in total. The molecule has 2 aromatic carbocycles. The average molecular weight is 388 g/mol. The summed E-state index contributed by atoms with van der Waals surface area (Å²) in [5.41, 5.74) is 0.561. The smallest absolute Gasteiger partial charge is 0.363 e. The number of ether oxygens (including phenoxy) is 1. The Morgan fingerprint density at radius 2 is 1.78 bits per heavy atom. The lowest BCUT2D eigenvalue weighted by molar-refractivity contribution is -0.385. The molecule has 0 atom stereocenters. The number of aliphatic imine (C=N–C) groups is 1. The number of benzene rings is 2. The first-order chi connectivity index (χ1) is 12.8. The van der Waals surface area contributed by atoms with Crippen molar-refractivity contribution in [3.63, 3.8) is 0 Å². The van der Waals surface area contributed by atoms with Crippen molar-refractivity contribution in [2.75, 3.05) is 0 Å². The monoisotopic (exact) mass is 387 g/mol. The van der Waals surface area contributed by atoms with Crippen LogP contribution in [0.2, 0.25) is 5.02 Å². The molecule has 0 saturated carbocycles.